The van der Waals surface area contributed by atoms with E-state index in [2.05, 4.69) is 27.2 Å². The van der Waals surface area contributed by atoms with Gasteiger partial charge in [-0.3, -0.25) is 4.79 Å². The Labute approximate surface area is 186 Å². The number of aromatic nitrogens is 2. The van der Waals surface area contributed by atoms with Crippen molar-refractivity contribution in [1.82, 2.24) is 15.1 Å². The number of amides is 1. The highest BCUT2D eigenvalue weighted by molar-refractivity contribution is 8.00. The molecule has 2 heterocycles. The van der Waals surface area contributed by atoms with Gasteiger partial charge in [0.15, 0.2) is 6.61 Å². The summed E-state index contributed by atoms with van der Waals surface area (Å²) in [5.74, 6) is 1.24. The van der Waals surface area contributed by atoms with Gasteiger partial charge in [0.1, 0.15) is 5.75 Å². The largest absolute Gasteiger partial charge is 0.484 e. The van der Waals surface area contributed by atoms with Crippen LogP contribution in [-0.4, -0.2) is 52.4 Å². The Bertz CT molecular complexity index is 1000. The van der Waals surface area contributed by atoms with E-state index >= 15 is 0 Å². The summed E-state index contributed by atoms with van der Waals surface area (Å²) >= 11 is 1.29. The Hall–Kier alpha value is -3.00. The molecular formula is C23H26N4O3S. The van der Waals surface area contributed by atoms with Crippen molar-refractivity contribution in [2.45, 2.75) is 30.9 Å². The number of benzene rings is 2. The summed E-state index contributed by atoms with van der Waals surface area (Å²) in [7, 11) is 0. The highest BCUT2D eigenvalue weighted by Crippen LogP contribution is 2.25. The number of piperazine rings is 1. The lowest BCUT2D eigenvalue weighted by Crippen LogP contribution is -2.50. The number of aryl methyl sites for hydroxylation is 1. The molecule has 0 aliphatic carbocycles. The molecule has 1 aliphatic rings. The molecule has 1 aliphatic heterocycles. The van der Waals surface area contributed by atoms with Gasteiger partial charge in [-0.15, -0.1) is 10.2 Å². The van der Waals surface area contributed by atoms with E-state index in [4.69, 9.17) is 9.15 Å². The molecule has 8 heteroatoms. The number of ether oxygens (including phenoxy) is 1. The molecule has 1 unspecified atom stereocenters. The zero-order chi connectivity index (χ0) is 21.6. The van der Waals surface area contributed by atoms with Crippen LogP contribution in [0.15, 0.2) is 64.2 Å². The van der Waals surface area contributed by atoms with Crippen molar-refractivity contribution >= 4 is 23.4 Å². The molecule has 1 fully saturated rings. The molecule has 31 heavy (non-hydrogen) atoms. The zero-order valence-electron chi connectivity index (χ0n) is 17.7. The number of hydrogen-bond acceptors (Lipinski definition) is 7. The highest BCUT2D eigenvalue weighted by atomic mass is 32.2. The molecule has 162 valence electrons. The first kappa shape index (κ1) is 21.2. The predicted molar refractivity (Wildman–Crippen MR) is 120 cm³/mol. The highest BCUT2D eigenvalue weighted by Gasteiger charge is 2.27. The molecule has 0 saturated carbocycles. The van der Waals surface area contributed by atoms with Crippen LogP contribution in [0.1, 0.15) is 18.4 Å². The van der Waals surface area contributed by atoms with Crippen molar-refractivity contribution < 1.29 is 13.9 Å². The first-order chi connectivity index (χ1) is 15.1. The fourth-order valence-electron chi connectivity index (χ4n) is 3.48. The third-order valence-corrected chi connectivity index (χ3v) is 6.06. The van der Waals surface area contributed by atoms with Gasteiger partial charge in [0.2, 0.25) is 5.91 Å². The van der Waals surface area contributed by atoms with Crippen molar-refractivity contribution in [1.29, 1.82) is 0 Å². The maximum absolute atomic E-state index is 12.9. The minimum atomic E-state index is -0.297. The quantitative estimate of drug-likeness (QED) is 0.520. The standard InChI is InChI=1S/C23H26N4O3S/c1-17-7-6-10-20(15-17)29-16-21-24-25-23(30-21)31-18(2)22(28)27-13-11-26(12-14-27)19-8-4-3-5-9-19/h3-10,15,18H,11-14,16H2,1-2H3. The average molecular weight is 439 g/mol. The van der Waals surface area contributed by atoms with E-state index in [0.717, 1.165) is 24.4 Å². The first-order valence-corrected chi connectivity index (χ1v) is 11.2. The first-order valence-electron chi connectivity index (χ1n) is 10.4. The number of carbonyl (C=O) groups is 1. The number of anilines is 1. The van der Waals surface area contributed by atoms with E-state index < -0.39 is 0 Å². The van der Waals surface area contributed by atoms with Crippen molar-refractivity contribution in [3.05, 3.63) is 66.1 Å². The second-order valence-corrected chi connectivity index (χ2v) is 8.77. The smallest absolute Gasteiger partial charge is 0.277 e. The summed E-state index contributed by atoms with van der Waals surface area (Å²) in [6, 6.07) is 18.1. The van der Waals surface area contributed by atoms with E-state index in [9.17, 15) is 4.79 Å². The van der Waals surface area contributed by atoms with Gasteiger partial charge in [-0.2, -0.15) is 0 Å². The minimum absolute atomic E-state index is 0.0912. The van der Waals surface area contributed by atoms with Gasteiger partial charge in [0.25, 0.3) is 11.1 Å². The second-order valence-electron chi connectivity index (χ2n) is 7.47. The number of para-hydroxylation sites is 1. The topological polar surface area (TPSA) is 71.7 Å². The third-order valence-electron chi connectivity index (χ3n) is 5.14. The molecule has 1 atom stereocenters. The Morgan fingerprint density at radius 3 is 2.61 bits per heavy atom. The van der Waals surface area contributed by atoms with E-state index in [1.54, 1.807) is 0 Å². The minimum Gasteiger partial charge on any atom is -0.484 e. The van der Waals surface area contributed by atoms with Gasteiger partial charge in [0.05, 0.1) is 5.25 Å². The van der Waals surface area contributed by atoms with Gasteiger partial charge < -0.3 is 19.0 Å². The van der Waals surface area contributed by atoms with Gasteiger partial charge in [-0.05, 0) is 43.7 Å². The molecule has 0 N–H and O–H groups in total. The Morgan fingerprint density at radius 2 is 1.87 bits per heavy atom. The van der Waals surface area contributed by atoms with Crippen molar-refractivity contribution in [2.24, 2.45) is 0 Å². The lowest BCUT2D eigenvalue weighted by Gasteiger charge is -2.37. The van der Waals surface area contributed by atoms with Crippen LogP contribution in [0.5, 0.6) is 5.75 Å². The summed E-state index contributed by atoms with van der Waals surface area (Å²) in [4.78, 5) is 17.1. The molecule has 7 nitrogen and oxygen atoms in total. The van der Waals surface area contributed by atoms with Gasteiger partial charge >= 0.3 is 0 Å². The number of rotatable bonds is 7. The van der Waals surface area contributed by atoms with Gasteiger partial charge in [-0.1, -0.05) is 42.1 Å². The van der Waals surface area contributed by atoms with Gasteiger partial charge in [-0.25, -0.2) is 0 Å². The fourth-order valence-corrected chi connectivity index (χ4v) is 4.26. The van der Waals surface area contributed by atoms with Crippen LogP contribution < -0.4 is 9.64 Å². The maximum atomic E-state index is 12.9. The fraction of sp³-hybridized carbons (Fsp3) is 0.348. The van der Waals surface area contributed by atoms with Gasteiger partial charge in [0, 0.05) is 31.9 Å². The molecule has 1 amide bonds. The molecule has 0 bridgehead atoms. The molecule has 1 saturated heterocycles. The van der Waals surface area contributed by atoms with Crippen LogP contribution >= 0.6 is 11.8 Å². The summed E-state index contributed by atoms with van der Waals surface area (Å²) in [6.07, 6.45) is 0. The Kier molecular flexibility index (Phi) is 6.76. The SMILES string of the molecule is Cc1cccc(OCc2nnc(SC(C)C(=O)N3CCN(c4ccccc4)CC3)o2)c1. The lowest BCUT2D eigenvalue weighted by molar-refractivity contribution is -0.130. The molecule has 0 spiro atoms. The normalized spacial score (nSPS) is 15.0. The molecule has 3 aromatic rings. The third kappa shape index (κ3) is 5.58. The number of carbonyl (C=O) groups excluding carboxylic acids is 1. The molecule has 1 aromatic heterocycles. The maximum Gasteiger partial charge on any atom is 0.277 e. The van der Waals surface area contributed by atoms with E-state index in [1.165, 1.54) is 17.4 Å². The van der Waals surface area contributed by atoms with Crippen LogP contribution in [-0.2, 0) is 11.4 Å². The second kappa shape index (κ2) is 9.87. The average Bonchev–Trinajstić information content (AvgIpc) is 3.25. The van der Waals surface area contributed by atoms with E-state index in [1.807, 2.05) is 61.2 Å². The summed E-state index contributed by atoms with van der Waals surface area (Å²) < 4.78 is 11.4. The summed E-state index contributed by atoms with van der Waals surface area (Å²) in [5.41, 5.74) is 2.32. The van der Waals surface area contributed by atoms with Crippen LogP contribution in [0.2, 0.25) is 0 Å². The predicted octanol–water partition coefficient (Wildman–Crippen LogP) is 3.79. The Morgan fingerprint density at radius 1 is 1.10 bits per heavy atom. The van der Waals surface area contributed by atoms with Crippen LogP contribution in [0.25, 0.3) is 0 Å². The lowest BCUT2D eigenvalue weighted by atomic mass is 10.2. The molecular weight excluding hydrogens is 412 g/mol. The van der Waals surface area contributed by atoms with Crippen LogP contribution in [0, 0.1) is 6.92 Å². The van der Waals surface area contributed by atoms with E-state index in [0.29, 0.717) is 24.2 Å². The van der Waals surface area contributed by atoms with Crippen molar-refractivity contribution in [3.8, 4) is 5.75 Å². The number of nitrogens with zero attached hydrogens (tertiary/aromatic N) is 4. The molecule has 2 aromatic carbocycles. The van der Waals surface area contributed by atoms with E-state index in [-0.39, 0.29) is 17.8 Å². The zero-order valence-corrected chi connectivity index (χ0v) is 18.5. The summed E-state index contributed by atoms with van der Waals surface area (Å²) in [5, 5.41) is 8.16. The molecule has 0 radical (unpaired) electrons. The van der Waals surface area contributed by atoms with Crippen molar-refractivity contribution in [2.75, 3.05) is 31.1 Å². The Balaban J connectivity index is 1.26. The van der Waals surface area contributed by atoms with Crippen LogP contribution in [0.4, 0.5) is 5.69 Å². The molecule has 4 rings (SSSR count). The monoisotopic (exact) mass is 438 g/mol. The number of thioether (sulfide) groups is 1. The van der Waals surface area contributed by atoms with Crippen molar-refractivity contribution in [3.63, 3.8) is 0 Å². The van der Waals surface area contributed by atoms with Crippen LogP contribution in [0.3, 0.4) is 0 Å². The summed E-state index contributed by atoms with van der Waals surface area (Å²) in [6.45, 7) is 7.15. The number of hydrogen-bond donors (Lipinski definition) is 0.